The molecule has 3 heteroatoms. The Balaban J connectivity index is 1.82. The highest BCUT2D eigenvalue weighted by molar-refractivity contribution is 5.14. The minimum Gasteiger partial charge on any atom is -0.378 e. The molecular formula is C17H34N2O. The number of hydrogen-bond donors (Lipinski definition) is 2. The summed E-state index contributed by atoms with van der Waals surface area (Å²) in [6, 6.07) is 0. The van der Waals surface area contributed by atoms with Gasteiger partial charge in [0.05, 0.1) is 6.10 Å². The third kappa shape index (κ3) is 2.77. The fourth-order valence-electron chi connectivity index (χ4n) is 4.14. The van der Waals surface area contributed by atoms with Gasteiger partial charge in [-0.25, -0.2) is 0 Å². The molecule has 2 saturated carbocycles. The van der Waals surface area contributed by atoms with Crippen molar-refractivity contribution in [3.8, 4) is 0 Å². The molecule has 0 aliphatic heterocycles. The lowest BCUT2D eigenvalue weighted by Crippen LogP contribution is -2.73. The van der Waals surface area contributed by atoms with Crippen LogP contribution >= 0.6 is 0 Å². The summed E-state index contributed by atoms with van der Waals surface area (Å²) in [7, 11) is 0. The van der Waals surface area contributed by atoms with Crippen LogP contribution in [0.5, 0.6) is 0 Å². The lowest BCUT2D eigenvalue weighted by molar-refractivity contribution is -0.148. The molecule has 0 aromatic carbocycles. The zero-order valence-corrected chi connectivity index (χ0v) is 13.9. The summed E-state index contributed by atoms with van der Waals surface area (Å²) in [6.07, 6.45) is 8.19. The van der Waals surface area contributed by atoms with E-state index in [1.807, 2.05) is 0 Å². The van der Waals surface area contributed by atoms with Gasteiger partial charge >= 0.3 is 0 Å². The van der Waals surface area contributed by atoms with Gasteiger partial charge in [-0.3, -0.25) is 0 Å². The third-order valence-electron chi connectivity index (χ3n) is 6.36. The Morgan fingerprint density at radius 3 is 2.30 bits per heavy atom. The Hall–Kier alpha value is -0.120. The predicted molar refractivity (Wildman–Crippen MR) is 84.8 cm³/mol. The van der Waals surface area contributed by atoms with Crippen molar-refractivity contribution in [2.24, 2.45) is 16.6 Å². The van der Waals surface area contributed by atoms with Crippen molar-refractivity contribution in [1.82, 2.24) is 5.32 Å². The van der Waals surface area contributed by atoms with Crippen LogP contribution in [0, 0.1) is 10.8 Å². The van der Waals surface area contributed by atoms with Gasteiger partial charge in [-0.15, -0.1) is 0 Å². The first kappa shape index (κ1) is 16.3. The van der Waals surface area contributed by atoms with Crippen LogP contribution in [0.15, 0.2) is 0 Å². The maximum Gasteiger partial charge on any atom is 0.0662 e. The highest BCUT2D eigenvalue weighted by Crippen LogP contribution is 2.49. The first-order valence-electron chi connectivity index (χ1n) is 8.50. The van der Waals surface area contributed by atoms with Crippen LogP contribution in [0.2, 0.25) is 0 Å². The van der Waals surface area contributed by atoms with E-state index in [0.29, 0.717) is 11.5 Å². The second-order valence-corrected chi connectivity index (χ2v) is 7.69. The average molecular weight is 282 g/mol. The number of nitrogens with one attached hydrogen (secondary N) is 1. The summed E-state index contributed by atoms with van der Waals surface area (Å²) >= 11 is 0. The molecule has 3 nitrogen and oxygen atoms in total. The normalized spacial score (nSPS) is 35.0. The van der Waals surface area contributed by atoms with E-state index in [0.717, 1.165) is 26.1 Å². The second-order valence-electron chi connectivity index (χ2n) is 7.69. The van der Waals surface area contributed by atoms with Crippen LogP contribution in [0.25, 0.3) is 0 Å². The standard InChI is InChI=1S/C17H34N2O/c1-5-16(9-7-8-10-16)12-19-13-17(18)11-14(20-6-2)15(17,3)4/h14,19H,5-13,18H2,1-4H3. The first-order valence-corrected chi connectivity index (χ1v) is 8.50. The number of hydrogen-bond acceptors (Lipinski definition) is 3. The van der Waals surface area contributed by atoms with Gasteiger partial charge < -0.3 is 15.8 Å². The molecule has 2 rings (SSSR count). The summed E-state index contributed by atoms with van der Waals surface area (Å²) in [6.45, 7) is 11.8. The van der Waals surface area contributed by atoms with Gasteiger partial charge in [0.15, 0.2) is 0 Å². The fraction of sp³-hybridized carbons (Fsp3) is 1.00. The Morgan fingerprint density at radius 1 is 1.15 bits per heavy atom. The van der Waals surface area contributed by atoms with Gasteiger partial charge in [-0.2, -0.15) is 0 Å². The Kier molecular flexibility index (Phi) is 4.83. The van der Waals surface area contributed by atoms with E-state index in [1.54, 1.807) is 0 Å². The number of nitrogens with two attached hydrogens (primary N) is 1. The molecule has 0 aromatic heterocycles. The summed E-state index contributed by atoms with van der Waals surface area (Å²) in [4.78, 5) is 0. The monoisotopic (exact) mass is 282 g/mol. The van der Waals surface area contributed by atoms with Crippen molar-refractivity contribution in [3.05, 3.63) is 0 Å². The maximum atomic E-state index is 6.63. The molecular weight excluding hydrogens is 248 g/mol. The average Bonchev–Trinajstić information content (AvgIpc) is 2.88. The zero-order valence-electron chi connectivity index (χ0n) is 13.9. The molecule has 0 amide bonds. The molecule has 2 unspecified atom stereocenters. The van der Waals surface area contributed by atoms with E-state index in [-0.39, 0.29) is 11.0 Å². The molecule has 0 aromatic rings. The summed E-state index contributed by atoms with van der Waals surface area (Å²) in [5, 5.41) is 3.70. The lowest BCUT2D eigenvalue weighted by atomic mass is 9.54. The van der Waals surface area contributed by atoms with Crippen LogP contribution in [-0.4, -0.2) is 31.3 Å². The van der Waals surface area contributed by atoms with E-state index in [4.69, 9.17) is 10.5 Å². The van der Waals surface area contributed by atoms with Gasteiger partial charge in [0.2, 0.25) is 0 Å². The van der Waals surface area contributed by atoms with Gasteiger partial charge in [-0.05, 0) is 38.0 Å². The van der Waals surface area contributed by atoms with Crippen molar-refractivity contribution in [2.45, 2.75) is 77.9 Å². The second kappa shape index (κ2) is 5.94. The number of ether oxygens (including phenoxy) is 1. The van der Waals surface area contributed by atoms with E-state index < -0.39 is 0 Å². The van der Waals surface area contributed by atoms with Crippen molar-refractivity contribution in [1.29, 1.82) is 0 Å². The van der Waals surface area contributed by atoms with Crippen LogP contribution in [0.3, 0.4) is 0 Å². The van der Waals surface area contributed by atoms with Crippen molar-refractivity contribution in [3.63, 3.8) is 0 Å². The van der Waals surface area contributed by atoms with Gasteiger partial charge in [0.1, 0.15) is 0 Å². The fourth-order valence-corrected chi connectivity index (χ4v) is 4.14. The summed E-state index contributed by atoms with van der Waals surface area (Å²) < 4.78 is 5.80. The molecule has 2 aliphatic carbocycles. The molecule has 3 N–H and O–H groups in total. The molecule has 0 saturated heterocycles. The van der Waals surface area contributed by atoms with Gasteiger partial charge in [0, 0.05) is 30.7 Å². The minimum atomic E-state index is -0.111. The summed E-state index contributed by atoms with van der Waals surface area (Å²) in [5.41, 5.74) is 7.14. The van der Waals surface area contributed by atoms with Crippen molar-refractivity contribution in [2.75, 3.05) is 19.7 Å². The van der Waals surface area contributed by atoms with E-state index in [2.05, 4.69) is 33.0 Å². The van der Waals surface area contributed by atoms with Crippen LogP contribution in [0.4, 0.5) is 0 Å². The highest BCUT2D eigenvalue weighted by atomic mass is 16.5. The molecule has 0 spiro atoms. The first-order chi connectivity index (χ1) is 9.39. The SMILES string of the molecule is CCOC1CC(N)(CNCC2(CC)CCCC2)C1(C)C. The quantitative estimate of drug-likeness (QED) is 0.754. The zero-order chi connectivity index (χ0) is 14.9. The topological polar surface area (TPSA) is 47.3 Å². The Labute approximate surface area is 125 Å². The molecule has 20 heavy (non-hydrogen) atoms. The predicted octanol–water partition coefficient (Wildman–Crippen LogP) is 3.08. The van der Waals surface area contributed by atoms with E-state index in [1.165, 1.54) is 32.1 Å². The van der Waals surface area contributed by atoms with E-state index in [9.17, 15) is 0 Å². The number of rotatable bonds is 7. The van der Waals surface area contributed by atoms with Gasteiger partial charge in [-0.1, -0.05) is 33.6 Å². The van der Waals surface area contributed by atoms with Crippen LogP contribution in [-0.2, 0) is 4.74 Å². The molecule has 2 fully saturated rings. The smallest absolute Gasteiger partial charge is 0.0662 e. The molecule has 0 heterocycles. The molecule has 0 bridgehead atoms. The van der Waals surface area contributed by atoms with Crippen molar-refractivity contribution < 1.29 is 4.74 Å². The summed E-state index contributed by atoms with van der Waals surface area (Å²) in [5.74, 6) is 0. The van der Waals surface area contributed by atoms with E-state index >= 15 is 0 Å². The lowest BCUT2D eigenvalue weighted by Gasteiger charge is -2.59. The highest BCUT2D eigenvalue weighted by Gasteiger charge is 2.58. The maximum absolute atomic E-state index is 6.63. The van der Waals surface area contributed by atoms with Crippen molar-refractivity contribution >= 4 is 0 Å². The molecule has 2 atom stereocenters. The molecule has 0 radical (unpaired) electrons. The van der Waals surface area contributed by atoms with Gasteiger partial charge in [0.25, 0.3) is 0 Å². The molecule has 2 aliphatic rings. The third-order valence-corrected chi connectivity index (χ3v) is 6.36. The largest absolute Gasteiger partial charge is 0.378 e. The Morgan fingerprint density at radius 2 is 1.80 bits per heavy atom. The molecule has 118 valence electrons. The Bertz CT molecular complexity index is 323. The minimum absolute atomic E-state index is 0.0745. The van der Waals surface area contributed by atoms with Crippen LogP contribution in [0.1, 0.15) is 66.2 Å². The van der Waals surface area contributed by atoms with Crippen LogP contribution < -0.4 is 11.1 Å².